The lowest BCUT2D eigenvalue weighted by atomic mass is 10.2. The Hall–Kier alpha value is -1.50. The lowest BCUT2D eigenvalue weighted by Crippen LogP contribution is -2.47. The van der Waals surface area contributed by atoms with E-state index in [0.717, 1.165) is 18.9 Å². The molecule has 1 unspecified atom stereocenters. The number of likely N-dealkylation sites (tertiary alicyclic amines) is 1. The van der Waals surface area contributed by atoms with E-state index in [2.05, 4.69) is 32.8 Å². The highest BCUT2D eigenvalue weighted by molar-refractivity contribution is 5.79. The normalized spacial score (nSPS) is 17.5. The maximum absolute atomic E-state index is 11.6. The van der Waals surface area contributed by atoms with Crippen LogP contribution < -0.4 is 16.0 Å². The van der Waals surface area contributed by atoms with Crippen LogP contribution in [0.3, 0.4) is 0 Å². The summed E-state index contributed by atoms with van der Waals surface area (Å²) in [6.45, 7) is 12.1. The molecule has 1 amide bonds. The molecule has 0 spiro atoms. The molecular weight excluding hydrogens is 306 g/mol. The van der Waals surface area contributed by atoms with Gasteiger partial charge in [0, 0.05) is 32.7 Å². The summed E-state index contributed by atoms with van der Waals surface area (Å²) in [5.74, 6) is 0.763. The van der Waals surface area contributed by atoms with Crippen molar-refractivity contribution < 1.29 is 9.53 Å². The zero-order valence-corrected chi connectivity index (χ0v) is 15.9. The third-order valence-electron chi connectivity index (χ3n) is 3.94. The average molecular weight is 342 g/mol. The zero-order valence-electron chi connectivity index (χ0n) is 15.9. The van der Waals surface area contributed by atoms with Gasteiger partial charge in [-0.1, -0.05) is 6.92 Å². The van der Waals surface area contributed by atoms with E-state index in [0.29, 0.717) is 19.1 Å². The van der Waals surface area contributed by atoms with Crippen molar-refractivity contribution >= 4 is 12.1 Å². The van der Waals surface area contributed by atoms with Gasteiger partial charge in [-0.3, -0.25) is 9.89 Å². The van der Waals surface area contributed by atoms with Gasteiger partial charge in [-0.05, 0) is 53.1 Å². The second kappa shape index (κ2) is 10.4. The minimum Gasteiger partial charge on any atom is -0.444 e. The summed E-state index contributed by atoms with van der Waals surface area (Å²) >= 11 is 0. The minimum absolute atomic E-state index is 0.396. The average Bonchev–Trinajstić information content (AvgIpc) is 3.02. The van der Waals surface area contributed by atoms with Gasteiger partial charge in [0.1, 0.15) is 5.60 Å². The molecule has 0 radical (unpaired) electrons. The molecule has 1 rings (SSSR count). The second-order valence-electron chi connectivity index (χ2n) is 7.11. The van der Waals surface area contributed by atoms with Gasteiger partial charge in [0.05, 0.1) is 0 Å². The Labute approximate surface area is 146 Å². The molecule has 0 saturated carbocycles. The van der Waals surface area contributed by atoms with Gasteiger partial charge in [0.25, 0.3) is 0 Å². The van der Waals surface area contributed by atoms with Crippen LogP contribution in [0.4, 0.5) is 4.79 Å². The fourth-order valence-electron chi connectivity index (χ4n) is 2.73. The largest absolute Gasteiger partial charge is 0.444 e. The quantitative estimate of drug-likeness (QED) is 0.372. The van der Waals surface area contributed by atoms with Gasteiger partial charge >= 0.3 is 6.09 Å². The number of guanidine groups is 1. The summed E-state index contributed by atoms with van der Waals surface area (Å²) in [5.41, 5.74) is -0.472. The van der Waals surface area contributed by atoms with Crippen LogP contribution in [0.2, 0.25) is 0 Å². The Morgan fingerprint density at radius 1 is 1.17 bits per heavy atom. The van der Waals surface area contributed by atoms with Crippen LogP contribution in [0.25, 0.3) is 0 Å². The number of nitrogens with one attached hydrogen (secondary N) is 3. The minimum atomic E-state index is -0.472. The first kappa shape index (κ1) is 20.5. The number of amides is 1. The van der Waals surface area contributed by atoms with Crippen LogP contribution in [0.15, 0.2) is 4.99 Å². The van der Waals surface area contributed by atoms with E-state index in [-0.39, 0.29) is 0 Å². The first-order chi connectivity index (χ1) is 11.4. The summed E-state index contributed by atoms with van der Waals surface area (Å²) in [6, 6.07) is 0.547. The lowest BCUT2D eigenvalue weighted by molar-refractivity contribution is 0.0529. The first-order valence-corrected chi connectivity index (χ1v) is 9.01. The number of nitrogens with zero attached hydrogens (tertiary/aromatic N) is 2. The Morgan fingerprint density at radius 3 is 2.33 bits per heavy atom. The highest BCUT2D eigenvalue weighted by atomic mass is 16.6. The third-order valence-corrected chi connectivity index (χ3v) is 3.94. The van der Waals surface area contributed by atoms with E-state index in [1.165, 1.54) is 25.9 Å². The fraction of sp³-hybridized carbons (Fsp3) is 0.882. The summed E-state index contributed by atoms with van der Waals surface area (Å²) < 4.78 is 5.19. The summed E-state index contributed by atoms with van der Waals surface area (Å²) in [6.07, 6.45) is 3.34. The van der Waals surface area contributed by atoms with Crippen LogP contribution in [0.5, 0.6) is 0 Å². The molecule has 3 N–H and O–H groups in total. The maximum atomic E-state index is 11.6. The van der Waals surface area contributed by atoms with E-state index >= 15 is 0 Å². The Morgan fingerprint density at radius 2 is 1.79 bits per heavy atom. The molecule has 1 aliphatic rings. The zero-order chi connectivity index (χ0) is 18.0. The highest BCUT2D eigenvalue weighted by Gasteiger charge is 2.20. The number of alkyl carbamates (subject to hydrolysis) is 1. The van der Waals surface area contributed by atoms with Crippen LogP contribution in [0.1, 0.15) is 47.0 Å². The molecule has 0 bridgehead atoms. The highest BCUT2D eigenvalue weighted by Crippen LogP contribution is 2.13. The van der Waals surface area contributed by atoms with Crippen molar-refractivity contribution in [1.82, 2.24) is 20.9 Å². The van der Waals surface area contributed by atoms with E-state index in [1.807, 2.05) is 20.8 Å². The van der Waals surface area contributed by atoms with Crippen molar-refractivity contribution in [3.05, 3.63) is 0 Å². The van der Waals surface area contributed by atoms with Gasteiger partial charge in [0.15, 0.2) is 5.96 Å². The van der Waals surface area contributed by atoms with Crippen molar-refractivity contribution in [3.63, 3.8) is 0 Å². The first-order valence-electron chi connectivity index (χ1n) is 9.01. The van der Waals surface area contributed by atoms with E-state index in [1.54, 1.807) is 7.05 Å². The molecule has 0 aliphatic carbocycles. The predicted octanol–water partition coefficient (Wildman–Crippen LogP) is 1.55. The van der Waals surface area contributed by atoms with Gasteiger partial charge in [-0.2, -0.15) is 0 Å². The fourth-order valence-corrected chi connectivity index (χ4v) is 2.73. The van der Waals surface area contributed by atoms with E-state index in [4.69, 9.17) is 4.74 Å². The van der Waals surface area contributed by atoms with E-state index < -0.39 is 11.7 Å². The summed E-state index contributed by atoms with van der Waals surface area (Å²) in [7, 11) is 1.76. The van der Waals surface area contributed by atoms with Crippen molar-refractivity contribution in [2.75, 3.05) is 39.8 Å². The number of carbonyl (C=O) groups is 1. The van der Waals surface area contributed by atoms with Gasteiger partial charge < -0.3 is 20.7 Å². The van der Waals surface area contributed by atoms with Crippen molar-refractivity contribution in [2.24, 2.45) is 4.99 Å². The van der Waals surface area contributed by atoms with Crippen LogP contribution in [-0.2, 0) is 4.74 Å². The molecule has 0 aromatic heterocycles. The van der Waals surface area contributed by atoms with Crippen molar-refractivity contribution in [2.45, 2.75) is 58.6 Å². The molecule has 24 heavy (non-hydrogen) atoms. The Balaban J connectivity index is 2.21. The third kappa shape index (κ3) is 8.38. The Kier molecular flexibility index (Phi) is 8.89. The lowest BCUT2D eigenvalue weighted by Gasteiger charge is -2.27. The SMILES string of the molecule is CCC(CNC(=NC)NCCNC(=O)OC(C)(C)C)N1CCCC1. The predicted molar refractivity (Wildman–Crippen MR) is 98.5 cm³/mol. The topological polar surface area (TPSA) is 78.0 Å². The maximum Gasteiger partial charge on any atom is 0.407 e. The molecule has 1 aliphatic heterocycles. The number of hydrogen-bond acceptors (Lipinski definition) is 4. The van der Waals surface area contributed by atoms with Crippen molar-refractivity contribution in [3.8, 4) is 0 Å². The number of hydrogen-bond donors (Lipinski definition) is 3. The smallest absolute Gasteiger partial charge is 0.407 e. The van der Waals surface area contributed by atoms with Crippen molar-refractivity contribution in [1.29, 1.82) is 0 Å². The monoisotopic (exact) mass is 341 g/mol. The molecular formula is C17H35N5O2. The van der Waals surface area contributed by atoms with Crippen LogP contribution >= 0.6 is 0 Å². The molecule has 1 atom stereocenters. The number of rotatable bonds is 7. The molecule has 140 valence electrons. The Bertz CT molecular complexity index is 400. The van der Waals surface area contributed by atoms with Gasteiger partial charge in [-0.25, -0.2) is 4.79 Å². The molecule has 1 heterocycles. The molecule has 1 saturated heterocycles. The van der Waals surface area contributed by atoms with Gasteiger partial charge in [-0.15, -0.1) is 0 Å². The number of ether oxygens (including phenoxy) is 1. The standard InChI is InChI=1S/C17H35N5O2/c1-6-14(22-11-7-8-12-22)13-21-15(18-5)19-9-10-20-16(23)24-17(2,3)4/h14H,6-13H2,1-5H3,(H,20,23)(H2,18,19,21). The van der Waals surface area contributed by atoms with Gasteiger partial charge in [0.2, 0.25) is 0 Å². The van der Waals surface area contributed by atoms with E-state index in [9.17, 15) is 4.79 Å². The summed E-state index contributed by atoms with van der Waals surface area (Å²) in [4.78, 5) is 18.3. The summed E-state index contributed by atoms with van der Waals surface area (Å²) in [5, 5.41) is 9.31. The second-order valence-corrected chi connectivity index (χ2v) is 7.11. The number of aliphatic imine (C=N–C) groups is 1. The molecule has 0 aromatic carbocycles. The van der Waals surface area contributed by atoms with Crippen LogP contribution in [0, 0.1) is 0 Å². The number of carbonyl (C=O) groups excluding carboxylic acids is 1. The molecule has 7 nitrogen and oxygen atoms in total. The molecule has 1 fully saturated rings. The molecule has 7 heteroatoms. The van der Waals surface area contributed by atoms with Crippen LogP contribution in [-0.4, -0.2) is 68.4 Å². The molecule has 0 aromatic rings.